The largest absolute Gasteiger partial charge is 0.465 e. The highest BCUT2D eigenvalue weighted by molar-refractivity contribution is 5.81. The van der Waals surface area contributed by atoms with Crippen molar-refractivity contribution in [2.75, 3.05) is 0 Å². The van der Waals surface area contributed by atoms with E-state index < -0.39 is 6.09 Å². The highest BCUT2D eigenvalue weighted by atomic mass is 16.4. The van der Waals surface area contributed by atoms with Gasteiger partial charge in [0.25, 0.3) is 0 Å². The number of amides is 1. The van der Waals surface area contributed by atoms with E-state index in [0.717, 1.165) is 25.8 Å². The van der Waals surface area contributed by atoms with E-state index in [9.17, 15) is 4.79 Å². The molecule has 19 heavy (non-hydrogen) atoms. The first kappa shape index (κ1) is 10.9. The Balaban J connectivity index is 1.69. The summed E-state index contributed by atoms with van der Waals surface area (Å²) >= 11 is 0. The minimum atomic E-state index is -0.898. The number of hydrogen-bond donors (Lipinski definition) is 2. The maximum atomic E-state index is 10.8. The summed E-state index contributed by atoms with van der Waals surface area (Å²) in [7, 11) is 0. The molecule has 2 heterocycles. The van der Waals surface area contributed by atoms with Crippen LogP contribution in [0.5, 0.6) is 0 Å². The fraction of sp³-hybridized carbons (Fsp3) is 0.400. The fourth-order valence-electron chi connectivity index (χ4n) is 3.58. The lowest BCUT2D eigenvalue weighted by Crippen LogP contribution is -2.32. The summed E-state index contributed by atoms with van der Waals surface area (Å²) in [5.74, 6) is 0. The van der Waals surface area contributed by atoms with Crippen molar-refractivity contribution in [3.8, 4) is 0 Å². The van der Waals surface area contributed by atoms with Crippen LogP contribution in [0.2, 0.25) is 0 Å². The third-order valence-corrected chi connectivity index (χ3v) is 4.74. The summed E-state index contributed by atoms with van der Waals surface area (Å²) in [6.45, 7) is 0.945. The standard InChI is InChI=1S/C15H16N2O2/c18-14(19)16-13-8-15(13)6-5-11-7-10-3-1-2-4-12(10)17(11)9-15/h1-4,7,13,16H,5-6,8-9H2,(H,18,19)/t13-,15+/m0/s1. The van der Waals surface area contributed by atoms with E-state index in [-0.39, 0.29) is 11.5 Å². The molecule has 1 aromatic heterocycles. The lowest BCUT2D eigenvalue weighted by molar-refractivity contribution is 0.190. The van der Waals surface area contributed by atoms with Gasteiger partial charge in [-0.2, -0.15) is 0 Å². The number of aromatic nitrogens is 1. The van der Waals surface area contributed by atoms with Crippen LogP contribution in [0.4, 0.5) is 4.79 Å². The Hall–Kier alpha value is -1.97. The molecule has 4 rings (SSSR count). The van der Waals surface area contributed by atoms with E-state index >= 15 is 0 Å². The minimum absolute atomic E-state index is 0.138. The molecule has 1 fully saturated rings. The summed E-state index contributed by atoms with van der Waals surface area (Å²) < 4.78 is 2.38. The predicted octanol–water partition coefficient (Wildman–Crippen LogP) is 2.61. The number of para-hydroxylation sites is 1. The molecule has 0 radical (unpaired) electrons. The van der Waals surface area contributed by atoms with Crippen LogP contribution in [0.15, 0.2) is 30.3 Å². The summed E-state index contributed by atoms with van der Waals surface area (Å²) in [6, 6.07) is 10.8. The van der Waals surface area contributed by atoms with Crippen molar-refractivity contribution in [2.45, 2.75) is 31.8 Å². The van der Waals surface area contributed by atoms with Gasteiger partial charge in [0.05, 0.1) is 0 Å². The molecule has 1 aliphatic carbocycles. The highest BCUT2D eigenvalue weighted by Crippen LogP contribution is 2.53. The summed E-state index contributed by atoms with van der Waals surface area (Å²) in [6.07, 6.45) is 2.22. The van der Waals surface area contributed by atoms with Gasteiger partial charge in [-0.05, 0) is 36.8 Å². The molecule has 1 aromatic carbocycles. The number of rotatable bonds is 1. The first-order chi connectivity index (χ1) is 9.18. The molecule has 2 aromatic rings. The zero-order valence-corrected chi connectivity index (χ0v) is 10.6. The van der Waals surface area contributed by atoms with E-state index in [2.05, 4.69) is 40.2 Å². The van der Waals surface area contributed by atoms with Crippen molar-refractivity contribution in [3.05, 3.63) is 36.0 Å². The third kappa shape index (κ3) is 1.56. The second-order valence-electron chi connectivity index (χ2n) is 5.85. The molecule has 4 nitrogen and oxygen atoms in total. The number of fused-ring (bicyclic) bond motifs is 3. The van der Waals surface area contributed by atoms with Gasteiger partial charge in [0.1, 0.15) is 0 Å². The van der Waals surface area contributed by atoms with E-state index in [0.29, 0.717) is 0 Å². The molecular weight excluding hydrogens is 240 g/mol. The average molecular weight is 256 g/mol. The van der Waals surface area contributed by atoms with Gasteiger partial charge in [-0.15, -0.1) is 0 Å². The number of carbonyl (C=O) groups is 1. The molecule has 0 unspecified atom stereocenters. The number of hydrogen-bond acceptors (Lipinski definition) is 1. The van der Waals surface area contributed by atoms with Gasteiger partial charge in [-0.1, -0.05) is 18.2 Å². The van der Waals surface area contributed by atoms with Crippen LogP contribution in [0.25, 0.3) is 10.9 Å². The Labute approximate surface area is 111 Å². The third-order valence-electron chi connectivity index (χ3n) is 4.74. The topological polar surface area (TPSA) is 54.3 Å². The zero-order chi connectivity index (χ0) is 13.0. The van der Waals surface area contributed by atoms with Gasteiger partial charge >= 0.3 is 6.09 Å². The van der Waals surface area contributed by atoms with E-state index in [4.69, 9.17) is 5.11 Å². The van der Waals surface area contributed by atoms with E-state index in [1.807, 2.05) is 0 Å². The normalized spacial score (nSPS) is 28.3. The van der Waals surface area contributed by atoms with E-state index in [1.54, 1.807) is 0 Å². The molecule has 1 aliphatic heterocycles. The lowest BCUT2D eigenvalue weighted by Gasteiger charge is -2.26. The van der Waals surface area contributed by atoms with Crippen LogP contribution in [0.3, 0.4) is 0 Å². The van der Waals surface area contributed by atoms with Crippen molar-refractivity contribution in [1.82, 2.24) is 9.88 Å². The van der Waals surface area contributed by atoms with Gasteiger partial charge in [-0.3, -0.25) is 0 Å². The van der Waals surface area contributed by atoms with Crippen molar-refractivity contribution in [1.29, 1.82) is 0 Å². The van der Waals surface area contributed by atoms with Gasteiger partial charge in [-0.25, -0.2) is 4.79 Å². The monoisotopic (exact) mass is 256 g/mol. The molecule has 1 saturated carbocycles. The van der Waals surface area contributed by atoms with Crippen LogP contribution in [0.1, 0.15) is 18.5 Å². The molecular formula is C15H16N2O2. The van der Waals surface area contributed by atoms with Crippen molar-refractivity contribution >= 4 is 17.0 Å². The molecule has 2 N–H and O–H groups in total. The fourth-order valence-corrected chi connectivity index (χ4v) is 3.58. The molecule has 2 aliphatic rings. The van der Waals surface area contributed by atoms with Crippen LogP contribution >= 0.6 is 0 Å². The number of nitrogens with zero attached hydrogens (tertiary/aromatic N) is 1. The second kappa shape index (κ2) is 3.53. The lowest BCUT2D eigenvalue weighted by atomic mass is 9.94. The minimum Gasteiger partial charge on any atom is -0.465 e. The molecule has 98 valence electrons. The summed E-state index contributed by atoms with van der Waals surface area (Å²) in [5.41, 5.74) is 2.82. The number of carboxylic acid groups (broad SMARTS) is 1. The number of nitrogens with one attached hydrogen (secondary N) is 1. The van der Waals surface area contributed by atoms with Crippen molar-refractivity contribution in [2.24, 2.45) is 5.41 Å². The van der Waals surface area contributed by atoms with Gasteiger partial charge in [0.2, 0.25) is 0 Å². The Bertz CT molecular complexity index is 676. The van der Waals surface area contributed by atoms with Crippen molar-refractivity contribution in [3.63, 3.8) is 0 Å². The molecule has 0 bridgehead atoms. The van der Waals surface area contributed by atoms with E-state index in [1.165, 1.54) is 16.6 Å². The quantitative estimate of drug-likeness (QED) is 0.824. The van der Waals surface area contributed by atoms with Gasteiger partial charge in [0.15, 0.2) is 0 Å². The smallest absolute Gasteiger partial charge is 0.404 e. The predicted molar refractivity (Wildman–Crippen MR) is 72.3 cm³/mol. The second-order valence-corrected chi connectivity index (χ2v) is 5.85. The highest BCUT2D eigenvalue weighted by Gasteiger charge is 2.56. The van der Waals surface area contributed by atoms with Gasteiger partial charge < -0.3 is 15.0 Å². The van der Waals surface area contributed by atoms with Gasteiger partial charge in [0, 0.05) is 29.2 Å². The van der Waals surface area contributed by atoms with Crippen LogP contribution in [-0.4, -0.2) is 21.8 Å². The first-order valence-electron chi connectivity index (χ1n) is 6.75. The molecule has 1 spiro atoms. The molecule has 1 amide bonds. The number of aryl methyl sites for hydroxylation is 1. The first-order valence-corrected chi connectivity index (χ1v) is 6.75. The maximum absolute atomic E-state index is 10.8. The van der Waals surface area contributed by atoms with Crippen molar-refractivity contribution < 1.29 is 9.90 Å². The van der Waals surface area contributed by atoms with Crippen LogP contribution < -0.4 is 5.32 Å². The summed E-state index contributed by atoms with van der Waals surface area (Å²) in [4.78, 5) is 10.8. The Morgan fingerprint density at radius 3 is 3.11 bits per heavy atom. The molecule has 4 heteroatoms. The SMILES string of the molecule is O=C(O)N[C@H]1C[C@@]12CCc1cc3ccccc3n1C2. The summed E-state index contributed by atoms with van der Waals surface area (Å²) in [5, 5.41) is 12.8. The molecule has 0 saturated heterocycles. The zero-order valence-electron chi connectivity index (χ0n) is 10.6. The Kier molecular flexibility index (Phi) is 2.03. The molecule has 2 atom stereocenters. The number of benzene rings is 1. The Morgan fingerprint density at radius 2 is 2.26 bits per heavy atom. The van der Waals surface area contributed by atoms with Crippen LogP contribution in [-0.2, 0) is 13.0 Å². The Morgan fingerprint density at radius 1 is 1.42 bits per heavy atom. The van der Waals surface area contributed by atoms with Crippen LogP contribution in [0, 0.1) is 5.41 Å². The average Bonchev–Trinajstić information content (AvgIpc) is 2.89. The maximum Gasteiger partial charge on any atom is 0.404 e.